The van der Waals surface area contributed by atoms with Crippen LogP contribution in [0.4, 0.5) is 5.00 Å². The molecule has 0 fully saturated rings. The molecule has 0 saturated carbocycles. The minimum Gasteiger partial charge on any atom is -0.462 e. The van der Waals surface area contributed by atoms with Crippen molar-refractivity contribution in [3.05, 3.63) is 44.6 Å². The fourth-order valence-corrected chi connectivity index (χ4v) is 4.24. The van der Waals surface area contributed by atoms with Gasteiger partial charge in [-0.1, -0.05) is 0 Å². The first-order chi connectivity index (χ1) is 13.9. The van der Waals surface area contributed by atoms with E-state index in [4.69, 9.17) is 9.47 Å². The van der Waals surface area contributed by atoms with E-state index in [0.717, 1.165) is 11.3 Å². The van der Waals surface area contributed by atoms with Crippen molar-refractivity contribution in [3.63, 3.8) is 0 Å². The van der Waals surface area contributed by atoms with Crippen LogP contribution >= 0.6 is 27.3 Å². The van der Waals surface area contributed by atoms with Gasteiger partial charge in [0.25, 0.3) is 5.91 Å². The molecule has 1 amide bonds. The lowest BCUT2D eigenvalue weighted by atomic mass is 10.1. The van der Waals surface area contributed by atoms with Crippen LogP contribution in [0.1, 0.15) is 49.9 Å². The molecule has 3 aromatic rings. The molecular formula is C18H17BrN4O5S. The molecule has 0 aliphatic rings. The minimum absolute atomic E-state index is 0.0854. The second-order valence-corrected chi connectivity index (χ2v) is 7.52. The number of halogens is 1. The lowest BCUT2D eigenvalue weighted by molar-refractivity contribution is 0.0527. The number of aromatic nitrogens is 3. The topological polar surface area (TPSA) is 112 Å². The van der Waals surface area contributed by atoms with Crippen LogP contribution in [0.2, 0.25) is 0 Å². The maximum Gasteiger partial charge on any atom is 0.348 e. The van der Waals surface area contributed by atoms with Gasteiger partial charge in [0.05, 0.1) is 23.2 Å². The van der Waals surface area contributed by atoms with Gasteiger partial charge in [0.1, 0.15) is 9.88 Å². The van der Waals surface area contributed by atoms with Crippen molar-refractivity contribution >= 4 is 55.8 Å². The summed E-state index contributed by atoms with van der Waals surface area (Å²) >= 11 is 4.28. The van der Waals surface area contributed by atoms with E-state index in [1.54, 1.807) is 39.2 Å². The van der Waals surface area contributed by atoms with Gasteiger partial charge >= 0.3 is 11.9 Å². The van der Waals surface area contributed by atoms with E-state index in [2.05, 4.69) is 31.3 Å². The highest BCUT2D eigenvalue weighted by Crippen LogP contribution is 2.35. The number of amides is 1. The quantitative estimate of drug-likeness (QED) is 0.537. The van der Waals surface area contributed by atoms with Crippen LogP contribution in [0.25, 0.3) is 5.65 Å². The predicted octanol–water partition coefficient (Wildman–Crippen LogP) is 3.47. The average Bonchev–Trinajstić information content (AvgIpc) is 3.20. The van der Waals surface area contributed by atoms with Crippen LogP contribution in [-0.4, -0.2) is 45.7 Å². The fraction of sp³-hybridized carbons (Fsp3) is 0.278. The molecule has 0 aliphatic heterocycles. The summed E-state index contributed by atoms with van der Waals surface area (Å²) in [6.45, 7) is 5.30. The first kappa shape index (κ1) is 20.9. The normalized spacial score (nSPS) is 10.8. The van der Waals surface area contributed by atoms with Gasteiger partial charge in [0.2, 0.25) is 0 Å². The highest BCUT2D eigenvalue weighted by molar-refractivity contribution is 9.10. The largest absolute Gasteiger partial charge is 0.462 e. The van der Waals surface area contributed by atoms with Gasteiger partial charge in [-0.2, -0.15) is 5.10 Å². The summed E-state index contributed by atoms with van der Waals surface area (Å²) in [4.78, 5) is 41.9. The number of anilines is 1. The van der Waals surface area contributed by atoms with Gasteiger partial charge < -0.3 is 14.8 Å². The van der Waals surface area contributed by atoms with Gasteiger partial charge in [0.15, 0.2) is 11.3 Å². The van der Waals surface area contributed by atoms with E-state index in [1.807, 2.05) is 0 Å². The number of ether oxygens (including phenoxy) is 2. The summed E-state index contributed by atoms with van der Waals surface area (Å²) in [6.07, 6.45) is 3.23. The maximum absolute atomic E-state index is 12.8. The molecule has 0 aliphatic carbocycles. The molecule has 0 radical (unpaired) electrons. The number of carbonyl (C=O) groups excluding carboxylic acids is 3. The number of nitrogens with zero attached hydrogens (tertiary/aromatic N) is 3. The van der Waals surface area contributed by atoms with Crippen molar-refractivity contribution in [2.24, 2.45) is 0 Å². The van der Waals surface area contributed by atoms with Gasteiger partial charge in [0, 0.05) is 12.4 Å². The molecule has 3 aromatic heterocycles. The van der Waals surface area contributed by atoms with Crippen molar-refractivity contribution in [1.29, 1.82) is 0 Å². The number of rotatable bonds is 6. The molecule has 0 bridgehead atoms. The number of hydrogen-bond donors (Lipinski definition) is 1. The highest BCUT2D eigenvalue weighted by atomic mass is 79.9. The Morgan fingerprint density at radius 1 is 1.21 bits per heavy atom. The molecule has 0 saturated heterocycles. The van der Waals surface area contributed by atoms with Crippen LogP contribution in [0.5, 0.6) is 0 Å². The number of thiophene rings is 1. The van der Waals surface area contributed by atoms with E-state index >= 15 is 0 Å². The zero-order valence-corrected chi connectivity index (χ0v) is 18.2. The summed E-state index contributed by atoms with van der Waals surface area (Å²) < 4.78 is 12.0. The molecule has 1 N–H and O–H groups in total. The first-order valence-corrected chi connectivity index (χ1v) is 10.3. The summed E-state index contributed by atoms with van der Waals surface area (Å²) in [5, 5.41) is 7.05. The van der Waals surface area contributed by atoms with E-state index in [9.17, 15) is 14.4 Å². The average molecular weight is 481 g/mol. The Morgan fingerprint density at radius 2 is 1.90 bits per heavy atom. The predicted molar refractivity (Wildman–Crippen MR) is 110 cm³/mol. The Morgan fingerprint density at radius 3 is 2.55 bits per heavy atom. The van der Waals surface area contributed by atoms with E-state index in [1.165, 1.54) is 4.52 Å². The first-order valence-electron chi connectivity index (χ1n) is 8.66. The Hall–Kier alpha value is -2.79. The summed E-state index contributed by atoms with van der Waals surface area (Å²) in [5.74, 6) is -1.77. The zero-order chi connectivity index (χ0) is 21.1. The summed E-state index contributed by atoms with van der Waals surface area (Å²) in [7, 11) is 0. The van der Waals surface area contributed by atoms with E-state index < -0.39 is 17.8 Å². The van der Waals surface area contributed by atoms with E-state index in [0.29, 0.717) is 15.7 Å². The minimum atomic E-state index is -0.636. The molecule has 0 aromatic carbocycles. The molecular weight excluding hydrogens is 464 g/mol. The number of esters is 2. The summed E-state index contributed by atoms with van der Waals surface area (Å²) in [5.41, 5.74) is 1.06. The number of fused-ring (bicyclic) bond motifs is 1. The number of carbonyl (C=O) groups is 3. The van der Waals surface area contributed by atoms with Crippen LogP contribution in [0.15, 0.2) is 22.9 Å². The number of nitrogens with one attached hydrogen (secondary N) is 1. The third-order valence-electron chi connectivity index (χ3n) is 3.87. The third-order valence-corrected chi connectivity index (χ3v) is 5.79. The van der Waals surface area contributed by atoms with Crippen LogP contribution in [0, 0.1) is 6.92 Å². The second kappa shape index (κ2) is 8.70. The van der Waals surface area contributed by atoms with Gasteiger partial charge in [-0.25, -0.2) is 19.1 Å². The maximum atomic E-state index is 12.8. The van der Waals surface area contributed by atoms with Crippen molar-refractivity contribution in [2.45, 2.75) is 20.8 Å². The molecule has 3 heterocycles. The molecule has 11 heteroatoms. The smallest absolute Gasteiger partial charge is 0.348 e. The monoisotopic (exact) mass is 480 g/mol. The Labute approximate surface area is 178 Å². The van der Waals surface area contributed by atoms with Crippen LogP contribution < -0.4 is 5.32 Å². The lowest BCUT2D eigenvalue weighted by Gasteiger charge is -2.06. The van der Waals surface area contributed by atoms with Crippen molar-refractivity contribution < 1.29 is 23.9 Å². The standard InChI is InChI=1S/C18H17BrN4O5S/c1-4-27-17(25)10-9(3)13(18(26)28-5-2)29-16(10)21-15(24)12-11(19)14-20-7-6-8-23(14)22-12/h6-8H,4-5H2,1-3H3,(H,21,24). The van der Waals surface area contributed by atoms with Crippen molar-refractivity contribution in [3.8, 4) is 0 Å². The molecule has 0 spiro atoms. The second-order valence-electron chi connectivity index (χ2n) is 5.71. The van der Waals surface area contributed by atoms with Gasteiger partial charge in [-0.05, 0) is 48.3 Å². The fourth-order valence-electron chi connectivity index (χ4n) is 2.61. The van der Waals surface area contributed by atoms with E-state index in [-0.39, 0.29) is 34.3 Å². The van der Waals surface area contributed by atoms with Crippen molar-refractivity contribution in [2.75, 3.05) is 18.5 Å². The van der Waals surface area contributed by atoms with Crippen LogP contribution in [0.3, 0.4) is 0 Å². The molecule has 0 unspecified atom stereocenters. The van der Waals surface area contributed by atoms with Crippen LogP contribution in [-0.2, 0) is 9.47 Å². The molecule has 29 heavy (non-hydrogen) atoms. The third kappa shape index (κ3) is 4.01. The zero-order valence-electron chi connectivity index (χ0n) is 15.8. The molecule has 0 atom stereocenters. The Balaban J connectivity index is 2.01. The highest BCUT2D eigenvalue weighted by Gasteiger charge is 2.28. The Bertz CT molecular complexity index is 1110. The SMILES string of the molecule is CCOC(=O)c1sc(NC(=O)c2nn3cccnc3c2Br)c(C(=O)OCC)c1C. The summed E-state index contributed by atoms with van der Waals surface area (Å²) in [6, 6.07) is 1.68. The Kier molecular flexibility index (Phi) is 6.28. The molecule has 9 nitrogen and oxygen atoms in total. The number of hydrogen-bond acceptors (Lipinski definition) is 8. The van der Waals surface area contributed by atoms with Crippen molar-refractivity contribution in [1.82, 2.24) is 14.6 Å². The van der Waals surface area contributed by atoms with Gasteiger partial charge in [-0.15, -0.1) is 11.3 Å². The molecule has 152 valence electrons. The lowest BCUT2D eigenvalue weighted by Crippen LogP contribution is -2.16. The molecule has 3 rings (SSSR count). The van der Waals surface area contributed by atoms with Gasteiger partial charge in [-0.3, -0.25) is 4.79 Å².